The minimum atomic E-state index is 0.0174. The third-order valence-corrected chi connectivity index (χ3v) is 5.46. The number of fused-ring (bicyclic) bond motifs is 1. The first-order valence-electron chi connectivity index (χ1n) is 8.94. The summed E-state index contributed by atoms with van der Waals surface area (Å²) < 4.78 is 10.5. The summed E-state index contributed by atoms with van der Waals surface area (Å²) in [7, 11) is 1.69. The summed E-state index contributed by atoms with van der Waals surface area (Å²) in [5, 5.41) is 0. The summed E-state index contributed by atoms with van der Waals surface area (Å²) >= 11 is 0. The molecule has 0 radical (unpaired) electrons. The molecule has 4 rings (SSSR count). The quantitative estimate of drug-likeness (QED) is 0.858. The lowest BCUT2D eigenvalue weighted by atomic mass is 9.91. The Morgan fingerprint density at radius 1 is 1.24 bits per heavy atom. The van der Waals surface area contributed by atoms with Crippen molar-refractivity contribution in [1.29, 1.82) is 0 Å². The first-order chi connectivity index (χ1) is 12.2. The Bertz CT molecular complexity index is 711. The summed E-state index contributed by atoms with van der Waals surface area (Å²) in [5.41, 5.74) is 1.29. The predicted molar refractivity (Wildman–Crippen MR) is 94.5 cm³/mol. The lowest BCUT2D eigenvalue weighted by Crippen LogP contribution is -2.44. The second-order valence-electron chi connectivity index (χ2n) is 6.98. The van der Waals surface area contributed by atoms with Crippen LogP contribution in [0.2, 0.25) is 0 Å². The maximum atomic E-state index is 12.6. The van der Waals surface area contributed by atoms with Gasteiger partial charge in [-0.3, -0.25) is 9.69 Å². The molecule has 2 aliphatic heterocycles. The Kier molecular flexibility index (Phi) is 4.49. The fourth-order valence-electron chi connectivity index (χ4n) is 4.16. The number of ether oxygens (including phenoxy) is 1. The molecule has 1 amide bonds. The molecule has 0 spiro atoms. The zero-order chi connectivity index (χ0) is 17.2. The van der Waals surface area contributed by atoms with Crippen molar-refractivity contribution in [2.75, 3.05) is 26.7 Å². The van der Waals surface area contributed by atoms with Crippen molar-refractivity contribution in [2.45, 2.75) is 25.4 Å². The molecule has 2 aliphatic rings. The number of hydrogen-bond acceptors (Lipinski definition) is 4. The summed E-state index contributed by atoms with van der Waals surface area (Å²) in [4.78, 5) is 17.1. The molecule has 132 valence electrons. The topological polar surface area (TPSA) is 45.9 Å². The van der Waals surface area contributed by atoms with Crippen LogP contribution in [0.5, 0.6) is 5.75 Å². The molecule has 25 heavy (non-hydrogen) atoms. The van der Waals surface area contributed by atoms with Crippen LogP contribution >= 0.6 is 0 Å². The van der Waals surface area contributed by atoms with Crippen molar-refractivity contribution in [3.63, 3.8) is 0 Å². The number of piperidine rings is 1. The van der Waals surface area contributed by atoms with E-state index in [2.05, 4.69) is 17.0 Å². The van der Waals surface area contributed by atoms with Gasteiger partial charge in [0.25, 0.3) is 5.91 Å². The zero-order valence-corrected chi connectivity index (χ0v) is 14.6. The molecule has 1 aromatic heterocycles. The standard InChI is InChI=1S/C20H24N2O3/c1-24-17-8-6-15(7-9-17)12-21-10-2-4-16-13-22(14-18(16)21)20(23)19-5-3-11-25-19/h3,5-9,11,16,18H,2,4,10,12-14H2,1H3/t16-,18+/m1/s1. The van der Waals surface area contributed by atoms with E-state index in [-0.39, 0.29) is 5.91 Å². The highest BCUT2D eigenvalue weighted by Crippen LogP contribution is 2.32. The van der Waals surface area contributed by atoms with Crippen LogP contribution in [0.25, 0.3) is 0 Å². The normalized spacial score (nSPS) is 23.5. The van der Waals surface area contributed by atoms with E-state index < -0.39 is 0 Å². The van der Waals surface area contributed by atoms with Crippen molar-refractivity contribution >= 4 is 5.91 Å². The molecule has 2 atom stereocenters. The van der Waals surface area contributed by atoms with Gasteiger partial charge < -0.3 is 14.1 Å². The Morgan fingerprint density at radius 3 is 2.80 bits per heavy atom. The van der Waals surface area contributed by atoms with E-state index in [4.69, 9.17) is 9.15 Å². The molecule has 5 nitrogen and oxygen atoms in total. The van der Waals surface area contributed by atoms with Crippen LogP contribution in [0.3, 0.4) is 0 Å². The molecule has 3 heterocycles. The maximum absolute atomic E-state index is 12.6. The zero-order valence-electron chi connectivity index (χ0n) is 14.6. The summed E-state index contributed by atoms with van der Waals surface area (Å²) in [5.74, 6) is 1.91. The maximum Gasteiger partial charge on any atom is 0.289 e. The molecule has 2 fully saturated rings. The van der Waals surface area contributed by atoms with Crippen LogP contribution in [0.1, 0.15) is 29.0 Å². The number of likely N-dealkylation sites (tertiary alicyclic amines) is 2. The van der Waals surface area contributed by atoms with Gasteiger partial charge in [-0.1, -0.05) is 12.1 Å². The number of amides is 1. The molecule has 1 aromatic carbocycles. The fourth-order valence-corrected chi connectivity index (χ4v) is 4.16. The minimum absolute atomic E-state index is 0.0174. The van der Waals surface area contributed by atoms with Gasteiger partial charge in [0.15, 0.2) is 5.76 Å². The molecule has 2 aromatic rings. The summed E-state index contributed by atoms with van der Waals surface area (Å²) in [6, 6.07) is 12.2. The van der Waals surface area contributed by atoms with Crippen molar-refractivity contribution in [1.82, 2.24) is 9.80 Å². The number of nitrogens with zero attached hydrogens (tertiary/aromatic N) is 2. The fraction of sp³-hybridized carbons (Fsp3) is 0.450. The van der Waals surface area contributed by atoms with Crippen LogP contribution in [-0.4, -0.2) is 48.5 Å². The molecule has 5 heteroatoms. The van der Waals surface area contributed by atoms with E-state index in [1.807, 2.05) is 17.0 Å². The van der Waals surface area contributed by atoms with Crippen LogP contribution in [0, 0.1) is 5.92 Å². The Morgan fingerprint density at radius 2 is 2.08 bits per heavy atom. The lowest BCUT2D eigenvalue weighted by Gasteiger charge is -2.36. The Labute approximate surface area is 148 Å². The predicted octanol–water partition coefficient (Wildman–Crippen LogP) is 3.02. The van der Waals surface area contributed by atoms with E-state index in [1.165, 1.54) is 18.4 Å². The van der Waals surface area contributed by atoms with Crippen molar-refractivity contribution in [3.05, 3.63) is 54.0 Å². The van der Waals surface area contributed by atoms with Crippen LogP contribution in [0.4, 0.5) is 0 Å². The molecule has 0 N–H and O–H groups in total. The largest absolute Gasteiger partial charge is 0.497 e. The van der Waals surface area contributed by atoms with Gasteiger partial charge in [0.2, 0.25) is 0 Å². The first kappa shape index (κ1) is 16.2. The highest BCUT2D eigenvalue weighted by molar-refractivity contribution is 5.91. The van der Waals surface area contributed by atoms with Crippen molar-refractivity contribution in [3.8, 4) is 5.75 Å². The number of benzene rings is 1. The minimum Gasteiger partial charge on any atom is -0.497 e. The van der Waals surface area contributed by atoms with Crippen LogP contribution in [0.15, 0.2) is 47.1 Å². The first-order valence-corrected chi connectivity index (χ1v) is 8.94. The third kappa shape index (κ3) is 3.29. The molecule has 0 aliphatic carbocycles. The highest BCUT2D eigenvalue weighted by Gasteiger charge is 2.41. The Hall–Kier alpha value is -2.27. The average molecular weight is 340 g/mol. The van der Waals surface area contributed by atoms with Gasteiger partial charge in [-0.15, -0.1) is 0 Å². The average Bonchev–Trinajstić information content (AvgIpc) is 3.32. The Balaban J connectivity index is 1.44. The second kappa shape index (κ2) is 6.92. The number of carbonyl (C=O) groups excluding carboxylic acids is 1. The molecular weight excluding hydrogens is 316 g/mol. The van der Waals surface area contributed by atoms with E-state index in [9.17, 15) is 4.79 Å². The molecule has 2 saturated heterocycles. The number of rotatable bonds is 4. The third-order valence-electron chi connectivity index (χ3n) is 5.46. The van der Waals surface area contributed by atoms with Crippen LogP contribution in [-0.2, 0) is 6.54 Å². The lowest BCUT2D eigenvalue weighted by molar-refractivity contribution is 0.0743. The van der Waals surface area contributed by atoms with Crippen molar-refractivity contribution < 1.29 is 13.9 Å². The molecule has 0 bridgehead atoms. The number of methoxy groups -OCH3 is 1. The molecule has 0 unspecified atom stereocenters. The number of carbonyl (C=O) groups is 1. The van der Waals surface area contributed by atoms with Gasteiger partial charge in [-0.2, -0.15) is 0 Å². The smallest absolute Gasteiger partial charge is 0.289 e. The van der Waals surface area contributed by atoms with Crippen LogP contribution < -0.4 is 4.74 Å². The monoisotopic (exact) mass is 340 g/mol. The van der Waals surface area contributed by atoms with E-state index in [0.29, 0.717) is 17.7 Å². The SMILES string of the molecule is COc1ccc(CN2CCC[C@@H]3CN(C(=O)c4ccco4)C[C@@H]32)cc1. The highest BCUT2D eigenvalue weighted by atomic mass is 16.5. The summed E-state index contributed by atoms with van der Waals surface area (Å²) in [6.45, 7) is 3.65. The number of hydrogen-bond donors (Lipinski definition) is 0. The second-order valence-corrected chi connectivity index (χ2v) is 6.98. The number of furan rings is 1. The molecule has 0 saturated carbocycles. The van der Waals surface area contributed by atoms with Gasteiger partial charge in [-0.05, 0) is 55.1 Å². The van der Waals surface area contributed by atoms with Gasteiger partial charge in [0.1, 0.15) is 5.75 Å². The van der Waals surface area contributed by atoms with Gasteiger partial charge in [0.05, 0.1) is 13.4 Å². The summed E-state index contributed by atoms with van der Waals surface area (Å²) in [6.07, 6.45) is 3.96. The molecular formula is C20H24N2O3. The van der Waals surface area contributed by atoms with Gasteiger partial charge in [-0.25, -0.2) is 0 Å². The van der Waals surface area contributed by atoms with E-state index in [0.717, 1.165) is 31.9 Å². The van der Waals surface area contributed by atoms with Crippen molar-refractivity contribution in [2.24, 2.45) is 5.92 Å². The van der Waals surface area contributed by atoms with Gasteiger partial charge >= 0.3 is 0 Å². The van der Waals surface area contributed by atoms with Gasteiger partial charge in [0, 0.05) is 25.7 Å². The van der Waals surface area contributed by atoms with E-state index >= 15 is 0 Å². The van der Waals surface area contributed by atoms with E-state index in [1.54, 1.807) is 25.5 Å².